The third kappa shape index (κ3) is 3.96. The van der Waals surface area contributed by atoms with Gasteiger partial charge in [0.15, 0.2) is 5.65 Å². The summed E-state index contributed by atoms with van der Waals surface area (Å²) in [5.41, 5.74) is 3.94. The predicted octanol–water partition coefficient (Wildman–Crippen LogP) is 2.86. The molecule has 0 spiro atoms. The Hall–Kier alpha value is -2.74. The topological polar surface area (TPSA) is 78.1 Å². The number of likely N-dealkylation sites (tertiary alicyclic amines) is 1. The van der Waals surface area contributed by atoms with Gasteiger partial charge in [-0.05, 0) is 45.4 Å². The number of ether oxygens (including phenoxy) is 1. The maximum atomic E-state index is 12.6. The second-order valence-corrected chi connectivity index (χ2v) is 8.23. The van der Waals surface area contributed by atoms with E-state index in [-0.39, 0.29) is 11.9 Å². The van der Waals surface area contributed by atoms with Crippen LogP contribution in [0.3, 0.4) is 0 Å². The molecule has 8 heteroatoms. The molecular formula is C22H30N6O2. The van der Waals surface area contributed by atoms with Gasteiger partial charge in [0.2, 0.25) is 5.91 Å². The first-order chi connectivity index (χ1) is 14.5. The number of carbonyl (C=O) groups is 1. The molecule has 0 aliphatic carbocycles. The van der Waals surface area contributed by atoms with Gasteiger partial charge in [0.25, 0.3) is 0 Å². The van der Waals surface area contributed by atoms with Crippen LogP contribution in [0.4, 0.5) is 0 Å². The van der Waals surface area contributed by atoms with Gasteiger partial charge in [-0.1, -0.05) is 0 Å². The van der Waals surface area contributed by atoms with Crippen molar-refractivity contribution >= 4 is 17.1 Å². The lowest BCUT2D eigenvalue weighted by atomic mass is 10.1. The molecular weight excluding hydrogens is 380 g/mol. The van der Waals surface area contributed by atoms with Gasteiger partial charge in [0, 0.05) is 44.9 Å². The van der Waals surface area contributed by atoms with Crippen LogP contribution >= 0.6 is 0 Å². The molecule has 4 heterocycles. The molecule has 0 unspecified atom stereocenters. The number of hydrogen-bond donors (Lipinski definition) is 0. The Labute approximate surface area is 176 Å². The van der Waals surface area contributed by atoms with Crippen molar-refractivity contribution in [2.75, 3.05) is 26.8 Å². The van der Waals surface area contributed by atoms with Gasteiger partial charge in [-0.25, -0.2) is 9.97 Å². The smallest absolute Gasteiger partial charge is 0.222 e. The molecule has 0 bridgehead atoms. The number of fused-ring (bicyclic) bond motifs is 1. The Morgan fingerprint density at radius 2 is 2.13 bits per heavy atom. The minimum Gasteiger partial charge on any atom is -0.383 e. The first-order valence-corrected chi connectivity index (χ1v) is 10.6. The van der Waals surface area contributed by atoms with E-state index in [1.807, 2.05) is 28.6 Å². The van der Waals surface area contributed by atoms with Gasteiger partial charge in [-0.15, -0.1) is 0 Å². The van der Waals surface area contributed by atoms with E-state index in [2.05, 4.69) is 34.6 Å². The van der Waals surface area contributed by atoms with E-state index in [9.17, 15) is 4.79 Å². The summed E-state index contributed by atoms with van der Waals surface area (Å²) in [6, 6.07) is 6.39. The SMILES string of the molecule is COC[C@@H](C)n1c(CCCC(=O)N2CC(n3nc(C)cc3C)C2)nc2cccnc21. The van der Waals surface area contributed by atoms with Crippen molar-refractivity contribution in [3.8, 4) is 0 Å². The molecule has 1 saturated heterocycles. The Balaban J connectivity index is 1.34. The number of methoxy groups -OCH3 is 1. The van der Waals surface area contributed by atoms with Gasteiger partial charge >= 0.3 is 0 Å². The zero-order chi connectivity index (χ0) is 21.3. The summed E-state index contributed by atoms with van der Waals surface area (Å²) in [4.78, 5) is 23.8. The van der Waals surface area contributed by atoms with Crippen molar-refractivity contribution in [2.45, 2.75) is 52.1 Å². The predicted molar refractivity (Wildman–Crippen MR) is 114 cm³/mol. The molecule has 1 fully saturated rings. The van der Waals surface area contributed by atoms with Gasteiger partial charge in [0.1, 0.15) is 11.3 Å². The van der Waals surface area contributed by atoms with Gasteiger partial charge in [-0.3, -0.25) is 9.48 Å². The Kier molecular flexibility index (Phi) is 5.85. The number of hydrogen-bond acceptors (Lipinski definition) is 5. The Morgan fingerprint density at radius 1 is 1.33 bits per heavy atom. The second-order valence-electron chi connectivity index (χ2n) is 8.23. The number of aromatic nitrogens is 5. The van der Waals surface area contributed by atoms with E-state index < -0.39 is 0 Å². The molecule has 1 atom stereocenters. The van der Waals surface area contributed by atoms with Gasteiger partial charge < -0.3 is 14.2 Å². The lowest BCUT2D eigenvalue weighted by molar-refractivity contribution is -0.137. The van der Waals surface area contributed by atoms with Crippen LogP contribution in [-0.4, -0.2) is 61.9 Å². The summed E-state index contributed by atoms with van der Waals surface area (Å²) in [7, 11) is 1.70. The molecule has 0 aromatic carbocycles. The number of amides is 1. The van der Waals surface area contributed by atoms with Crippen molar-refractivity contribution in [2.24, 2.45) is 0 Å². The van der Waals surface area contributed by atoms with E-state index in [1.165, 1.54) is 0 Å². The van der Waals surface area contributed by atoms with Gasteiger partial charge in [0.05, 0.1) is 24.4 Å². The Morgan fingerprint density at radius 3 is 2.83 bits per heavy atom. The van der Waals surface area contributed by atoms with Crippen LogP contribution in [0.5, 0.6) is 0 Å². The molecule has 160 valence electrons. The van der Waals surface area contributed by atoms with E-state index in [1.54, 1.807) is 13.3 Å². The number of pyridine rings is 1. The lowest BCUT2D eigenvalue weighted by Crippen LogP contribution is -2.51. The van der Waals surface area contributed by atoms with Crippen LogP contribution < -0.4 is 0 Å². The number of rotatable bonds is 8. The quantitative estimate of drug-likeness (QED) is 0.571. The minimum atomic E-state index is 0.137. The molecule has 1 amide bonds. The third-order valence-electron chi connectivity index (χ3n) is 5.77. The fourth-order valence-corrected chi connectivity index (χ4v) is 4.32. The van der Waals surface area contributed by atoms with Crippen LogP contribution in [-0.2, 0) is 16.0 Å². The van der Waals surface area contributed by atoms with Crippen molar-refractivity contribution in [1.82, 2.24) is 29.2 Å². The highest BCUT2D eigenvalue weighted by Gasteiger charge is 2.32. The third-order valence-corrected chi connectivity index (χ3v) is 5.77. The second kappa shape index (κ2) is 8.55. The monoisotopic (exact) mass is 410 g/mol. The number of carbonyl (C=O) groups excluding carboxylic acids is 1. The molecule has 4 rings (SSSR count). The van der Waals surface area contributed by atoms with Crippen molar-refractivity contribution in [3.05, 3.63) is 41.6 Å². The first kappa shape index (κ1) is 20.5. The summed E-state index contributed by atoms with van der Waals surface area (Å²) in [6.07, 6.45) is 3.82. The van der Waals surface area contributed by atoms with Crippen molar-refractivity contribution < 1.29 is 9.53 Å². The normalized spacial score (nSPS) is 15.5. The number of aryl methyl sites for hydroxylation is 3. The average Bonchev–Trinajstić information content (AvgIpc) is 3.20. The molecule has 1 aliphatic rings. The summed E-state index contributed by atoms with van der Waals surface area (Å²) >= 11 is 0. The summed E-state index contributed by atoms with van der Waals surface area (Å²) in [5, 5.41) is 4.54. The minimum absolute atomic E-state index is 0.137. The van der Waals surface area contributed by atoms with E-state index in [0.717, 1.165) is 54.3 Å². The Bertz CT molecular complexity index is 1030. The fraction of sp³-hybridized carbons (Fsp3) is 0.545. The highest BCUT2D eigenvalue weighted by molar-refractivity contribution is 5.77. The van der Waals surface area contributed by atoms with Crippen LogP contribution in [0, 0.1) is 13.8 Å². The van der Waals surface area contributed by atoms with Gasteiger partial charge in [-0.2, -0.15) is 5.10 Å². The van der Waals surface area contributed by atoms with Crippen molar-refractivity contribution in [1.29, 1.82) is 0 Å². The lowest BCUT2D eigenvalue weighted by Gasteiger charge is -2.39. The first-order valence-electron chi connectivity index (χ1n) is 10.6. The maximum absolute atomic E-state index is 12.6. The van der Waals surface area contributed by atoms with E-state index in [4.69, 9.17) is 9.72 Å². The number of nitrogens with zero attached hydrogens (tertiary/aromatic N) is 6. The molecule has 3 aromatic heterocycles. The maximum Gasteiger partial charge on any atom is 0.222 e. The van der Waals surface area contributed by atoms with E-state index >= 15 is 0 Å². The molecule has 8 nitrogen and oxygen atoms in total. The van der Waals surface area contributed by atoms with Crippen LogP contribution in [0.15, 0.2) is 24.4 Å². The summed E-state index contributed by atoms with van der Waals surface area (Å²) in [5.74, 6) is 1.17. The van der Waals surface area contributed by atoms with E-state index in [0.29, 0.717) is 19.1 Å². The molecule has 3 aromatic rings. The zero-order valence-corrected chi connectivity index (χ0v) is 18.2. The zero-order valence-electron chi connectivity index (χ0n) is 18.2. The standard InChI is InChI=1S/C22H30N6O2/c1-15-11-16(2)28(25-15)18-12-26(13-18)21(29)9-5-8-20-24-19-7-6-10-23-22(19)27(20)17(3)14-30-4/h6-7,10-11,17-18H,5,8-9,12-14H2,1-4H3/t17-/m1/s1. The fourth-order valence-electron chi connectivity index (χ4n) is 4.32. The van der Waals surface area contributed by atoms with Crippen LogP contribution in [0.25, 0.3) is 11.2 Å². The van der Waals surface area contributed by atoms with Crippen LogP contribution in [0.2, 0.25) is 0 Å². The van der Waals surface area contributed by atoms with Crippen LogP contribution in [0.1, 0.15) is 49.1 Å². The summed E-state index contributed by atoms with van der Waals surface area (Å²) in [6.45, 7) is 8.25. The molecule has 0 N–H and O–H groups in total. The highest BCUT2D eigenvalue weighted by atomic mass is 16.5. The molecule has 1 aliphatic heterocycles. The highest BCUT2D eigenvalue weighted by Crippen LogP contribution is 2.25. The summed E-state index contributed by atoms with van der Waals surface area (Å²) < 4.78 is 9.53. The molecule has 30 heavy (non-hydrogen) atoms. The van der Waals surface area contributed by atoms with Crippen molar-refractivity contribution in [3.63, 3.8) is 0 Å². The molecule has 0 saturated carbocycles. The molecule has 0 radical (unpaired) electrons. The number of imidazole rings is 1. The largest absolute Gasteiger partial charge is 0.383 e. The average molecular weight is 411 g/mol.